The number of nitrogens with one attached hydrogen (secondary N) is 1. The van der Waals surface area contributed by atoms with Crippen molar-refractivity contribution < 1.29 is 13.9 Å². The SMILES string of the molecule is CN1CCC(CNC(=O)OC(C)(C)C)CC(F)C1. The fourth-order valence-corrected chi connectivity index (χ4v) is 2.11. The highest BCUT2D eigenvalue weighted by Crippen LogP contribution is 2.18. The van der Waals surface area contributed by atoms with Crippen LogP contribution >= 0.6 is 0 Å². The number of carbonyl (C=O) groups is 1. The van der Waals surface area contributed by atoms with Crippen molar-refractivity contribution in [1.29, 1.82) is 0 Å². The summed E-state index contributed by atoms with van der Waals surface area (Å²) in [6.45, 7) is 7.33. The molecule has 0 aromatic heterocycles. The van der Waals surface area contributed by atoms with Gasteiger partial charge < -0.3 is 15.0 Å². The summed E-state index contributed by atoms with van der Waals surface area (Å²) >= 11 is 0. The lowest BCUT2D eigenvalue weighted by Gasteiger charge is -2.21. The van der Waals surface area contributed by atoms with E-state index in [2.05, 4.69) is 5.32 Å². The third kappa shape index (κ3) is 6.19. The van der Waals surface area contributed by atoms with Gasteiger partial charge in [0.1, 0.15) is 11.8 Å². The zero-order chi connectivity index (χ0) is 13.8. The monoisotopic (exact) mass is 260 g/mol. The summed E-state index contributed by atoms with van der Waals surface area (Å²) in [5.41, 5.74) is -0.490. The van der Waals surface area contributed by atoms with Gasteiger partial charge in [-0.15, -0.1) is 0 Å². The van der Waals surface area contributed by atoms with Crippen LogP contribution in [0.4, 0.5) is 9.18 Å². The maximum absolute atomic E-state index is 13.6. The normalized spacial score (nSPS) is 26.5. The number of halogens is 1. The second kappa shape index (κ2) is 6.36. The van der Waals surface area contributed by atoms with Crippen LogP contribution < -0.4 is 5.32 Å². The van der Waals surface area contributed by atoms with E-state index in [4.69, 9.17) is 4.74 Å². The molecule has 0 aromatic carbocycles. The number of rotatable bonds is 2. The van der Waals surface area contributed by atoms with Crippen molar-refractivity contribution in [2.24, 2.45) is 5.92 Å². The third-order valence-corrected chi connectivity index (χ3v) is 2.95. The van der Waals surface area contributed by atoms with Crippen molar-refractivity contribution in [2.45, 2.75) is 45.4 Å². The highest BCUT2D eigenvalue weighted by atomic mass is 19.1. The predicted molar refractivity (Wildman–Crippen MR) is 69.4 cm³/mol. The van der Waals surface area contributed by atoms with Crippen LogP contribution in [0.15, 0.2) is 0 Å². The Bertz CT molecular complexity index is 279. The molecule has 0 saturated carbocycles. The molecule has 1 N–H and O–H groups in total. The lowest BCUT2D eigenvalue weighted by Crippen LogP contribution is -2.35. The summed E-state index contributed by atoms with van der Waals surface area (Å²) in [7, 11) is 1.93. The number of amides is 1. The third-order valence-electron chi connectivity index (χ3n) is 2.95. The summed E-state index contributed by atoms with van der Waals surface area (Å²) < 4.78 is 18.7. The van der Waals surface area contributed by atoms with Crippen LogP contribution in [-0.2, 0) is 4.74 Å². The van der Waals surface area contributed by atoms with Crippen LogP contribution in [-0.4, -0.2) is 49.4 Å². The van der Waals surface area contributed by atoms with E-state index in [1.165, 1.54) is 0 Å². The second-order valence-corrected chi connectivity index (χ2v) is 6.13. The molecule has 0 radical (unpaired) electrons. The Balaban J connectivity index is 2.32. The summed E-state index contributed by atoms with van der Waals surface area (Å²) in [6.07, 6.45) is 0.200. The lowest BCUT2D eigenvalue weighted by atomic mass is 10.00. The van der Waals surface area contributed by atoms with Gasteiger partial charge in [0.15, 0.2) is 0 Å². The van der Waals surface area contributed by atoms with Crippen molar-refractivity contribution in [3.05, 3.63) is 0 Å². The summed E-state index contributed by atoms with van der Waals surface area (Å²) in [5, 5.41) is 2.73. The van der Waals surface area contributed by atoms with Gasteiger partial charge >= 0.3 is 6.09 Å². The molecule has 0 spiro atoms. The van der Waals surface area contributed by atoms with E-state index in [-0.39, 0.29) is 5.92 Å². The first-order valence-electron chi connectivity index (χ1n) is 6.56. The van der Waals surface area contributed by atoms with E-state index in [0.717, 1.165) is 13.0 Å². The lowest BCUT2D eigenvalue weighted by molar-refractivity contribution is 0.0515. The number of likely N-dealkylation sites (tertiary alicyclic amines) is 1. The molecule has 1 fully saturated rings. The molecular formula is C13H25FN2O2. The minimum Gasteiger partial charge on any atom is -0.444 e. The van der Waals surface area contributed by atoms with Crippen LogP contribution in [0.25, 0.3) is 0 Å². The van der Waals surface area contributed by atoms with E-state index in [0.29, 0.717) is 19.5 Å². The average Bonchev–Trinajstić information content (AvgIpc) is 2.34. The Morgan fingerprint density at radius 2 is 2.17 bits per heavy atom. The van der Waals surface area contributed by atoms with Crippen LogP contribution in [0.2, 0.25) is 0 Å². The number of alkyl halides is 1. The van der Waals surface area contributed by atoms with Gasteiger partial charge in [-0.05, 0) is 53.1 Å². The second-order valence-electron chi connectivity index (χ2n) is 6.13. The van der Waals surface area contributed by atoms with Gasteiger partial charge in [-0.25, -0.2) is 9.18 Å². The molecule has 1 aliphatic rings. The molecule has 1 saturated heterocycles. The maximum atomic E-state index is 13.6. The van der Waals surface area contributed by atoms with Gasteiger partial charge in [-0.1, -0.05) is 0 Å². The summed E-state index contributed by atoms with van der Waals surface area (Å²) in [6, 6.07) is 0. The van der Waals surface area contributed by atoms with E-state index in [9.17, 15) is 9.18 Å². The largest absolute Gasteiger partial charge is 0.444 e. The van der Waals surface area contributed by atoms with Gasteiger partial charge in [0.25, 0.3) is 0 Å². The molecule has 0 bridgehead atoms. The standard InChI is InChI=1S/C13H25FN2O2/c1-13(2,3)18-12(17)15-8-10-5-6-16(4)9-11(14)7-10/h10-11H,5-9H2,1-4H3,(H,15,17). The number of nitrogens with zero attached hydrogens (tertiary/aromatic N) is 1. The molecule has 0 aromatic rings. The van der Waals surface area contributed by atoms with Gasteiger partial charge in [0, 0.05) is 13.1 Å². The number of ether oxygens (including phenoxy) is 1. The molecule has 1 heterocycles. The van der Waals surface area contributed by atoms with Crippen molar-refractivity contribution in [1.82, 2.24) is 10.2 Å². The first kappa shape index (κ1) is 15.2. The quantitative estimate of drug-likeness (QED) is 0.827. The molecule has 2 unspecified atom stereocenters. The average molecular weight is 260 g/mol. The summed E-state index contributed by atoms with van der Waals surface area (Å²) in [4.78, 5) is 13.5. The van der Waals surface area contributed by atoms with Crippen molar-refractivity contribution >= 4 is 6.09 Å². The molecule has 18 heavy (non-hydrogen) atoms. The first-order valence-corrected chi connectivity index (χ1v) is 6.56. The minimum atomic E-state index is -0.803. The van der Waals surface area contributed by atoms with Gasteiger partial charge in [0.2, 0.25) is 0 Å². The molecule has 4 nitrogen and oxygen atoms in total. The van der Waals surface area contributed by atoms with Gasteiger partial charge in [-0.2, -0.15) is 0 Å². The number of hydrogen-bond acceptors (Lipinski definition) is 3. The zero-order valence-electron chi connectivity index (χ0n) is 11.8. The van der Waals surface area contributed by atoms with Crippen LogP contribution in [0.1, 0.15) is 33.6 Å². The minimum absolute atomic E-state index is 0.192. The fourth-order valence-electron chi connectivity index (χ4n) is 2.11. The van der Waals surface area contributed by atoms with E-state index < -0.39 is 17.9 Å². The van der Waals surface area contributed by atoms with Gasteiger partial charge in [-0.3, -0.25) is 0 Å². The molecule has 1 rings (SSSR count). The molecule has 5 heteroatoms. The van der Waals surface area contributed by atoms with Gasteiger partial charge in [0.05, 0.1) is 0 Å². The Kier molecular flexibility index (Phi) is 5.38. The van der Waals surface area contributed by atoms with Crippen molar-refractivity contribution in [3.8, 4) is 0 Å². The van der Waals surface area contributed by atoms with Crippen LogP contribution in [0, 0.1) is 5.92 Å². The van der Waals surface area contributed by atoms with Crippen molar-refractivity contribution in [3.63, 3.8) is 0 Å². The number of alkyl carbamates (subject to hydrolysis) is 1. The van der Waals surface area contributed by atoms with E-state index >= 15 is 0 Å². The molecule has 106 valence electrons. The smallest absolute Gasteiger partial charge is 0.407 e. The number of carbonyl (C=O) groups excluding carboxylic acids is 1. The zero-order valence-corrected chi connectivity index (χ0v) is 11.8. The van der Waals surface area contributed by atoms with Crippen LogP contribution in [0.5, 0.6) is 0 Å². The Morgan fingerprint density at radius 3 is 2.78 bits per heavy atom. The van der Waals surface area contributed by atoms with E-state index in [1.54, 1.807) is 0 Å². The topological polar surface area (TPSA) is 41.6 Å². The Labute approximate surface area is 109 Å². The molecule has 2 atom stereocenters. The molecular weight excluding hydrogens is 235 g/mol. The Hall–Kier alpha value is -0.840. The van der Waals surface area contributed by atoms with E-state index in [1.807, 2.05) is 32.7 Å². The fraction of sp³-hybridized carbons (Fsp3) is 0.923. The molecule has 1 aliphatic heterocycles. The maximum Gasteiger partial charge on any atom is 0.407 e. The molecule has 1 amide bonds. The number of hydrogen-bond donors (Lipinski definition) is 1. The predicted octanol–water partition coefficient (Wildman–Crippen LogP) is 2.19. The molecule has 0 aliphatic carbocycles. The van der Waals surface area contributed by atoms with Crippen LogP contribution in [0.3, 0.4) is 0 Å². The Morgan fingerprint density at radius 1 is 1.50 bits per heavy atom. The first-order chi connectivity index (χ1) is 8.26. The summed E-state index contributed by atoms with van der Waals surface area (Å²) in [5.74, 6) is 0.192. The highest BCUT2D eigenvalue weighted by Gasteiger charge is 2.23. The highest BCUT2D eigenvalue weighted by molar-refractivity contribution is 5.67. The van der Waals surface area contributed by atoms with Crippen molar-refractivity contribution in [2.75, 3.05) is 26.7 Å².